The van der Waals surface area contributed by atoms with Crippen LogP contribution in [0.1, 0.15) is 24.0 Å². The Hall–Kier alpha value is -4.40. The third kappa shape index (κ3) is 7.79. The van der Waals surface area contributed by atoms with Crippen LogP contribution in [-0.2, 0) is 16.1 Å². The average Bonchev–Trinajstić information content (AvgIpc) is 2.92. The molecule has 192 valence electrons. The Morgan fingerprint density at radius 2 is 1.78 bits per heavy atom. The summed E-state index contributed by atoms with van der Waals surface area (Å²) in [6, 6.07) is 15.2. The second-order valence-electron chi connectivity index (χ2n) is 8.37. The first-order valence-electron chi connectivity index (χ1n) is 11.8. The van der Waals surface area contributed by atoms with Crippen LogP contribution in [0.4, 0.5) is 9.18 Å². The van der Waals surface area contributed by atoms with Crippen LogP contribution in [0.5, 0.6) is 17.2 Å². The zero-order chi connectivity index (χ0) is 26.0. The summed E-state index contributed by atoms with van der Waals surface area (Å²) in [5.41, 5.74) is 1.36. The van der Waals surface area contributed by atoms with Crippen molar-refractivity contribution in [3.63, 3.8) is 0 Å². The minimum absolute atomic E-state index is 0.0310. The van der Waals surface area contributed by atoms with Gasteiger partial charge in [0, 0.05) is 38.2 Å². The second-order valence-corrected chi connectivity index (χ2v) is 8.37. The lowest BCUT2D eigenvalue weighted by molar-refractivity contribution is -0.134. The molecule has 0 bridgehead atoms. The SMILES string of the molecule is COC(=O)C=Cc1cncc(OC(=O)N2CCC(Oc3ccc(OCc4cccc(F)c4)cc3)CC2)c1. The number of benzene rings is 2. The zero-order valence-corrected chi connectivity index (χ0v) is 20.3. The van der Waals surface area contributed by atoms with Gasteiger partial charge in [0.2, 0.25) is 0 Å². The van der Waals surface area contributed by atoms with E-state index in [1.165, 1.54) is 37.6 Å². The lowest BCUT2D eigenvalue weighted by atomic mass is 10.1. The summed E-state index contributed by atoms with van der Waals surface area (Å²) in [7, 11) is 1.29. The van der Waals surface area contributed by atoms with E-state index in [4.69, 9.17) is 14.2 Å². The van der Waals surface area contributed by atoms with Crippen molar-refractivity contribution in [1.29, 1.82) is 0 Å². The largest absolute Gasteiger partial charge is 0.490 e. The number of methoxy groups -OCH3 is 1. The number of esters is 1. The first kappa shape index (κ1) is 25.7. The highest BCUT2D eigenvalue weighted by atomic mass is 19.1. The highest BCUT2D eigenvalue weighted by Crippen LogP contribution is 2.23. The molecule has 1 aliphatic rings. The van der Waals surface area contributed by atoms with Gasteiger partial charge < -0.3 is 23.8 Å². The number of pyridine rings is 1. The predicted octanol–water partition coefficient (Wildman–Crippen LogP) is 5.03. The van der Waals surface area contributed by atoms with Crippen molar-refractivity contribution in [2.45, 2.75) is 25.6 Å². The third-order valence-corrected chi connectivity index (χ3v) is 5.67. The average molecular weight is 507 g/mol. The van der Waals surface area contributed by atoms with Gasteiger partial charge in [-0.3, -0.25) is 4.98 Å². The predicted molar refractivity (Wildman–Crippen MR) is 134 cm³/mol. The van der Waals surface area contributed by atoms with Gasteiger partial charge in [-0.2, -0.15) is 0 Å². The van der Waals surface area contributed by atoms with E-state index in [-0.39, 0.29) is 24.3 Å². The molecule has 4 rings (SSSR count). The molecule has 3 aromatic rings. The molecule has 1 amide bonds. The normalized spacial score (nSPS) is 13.8. The number of halogens is 1. The monoisotopic (exact) mass is 506 g/mol. The minimum Gasteiger partial charge on any atom is -0.490 e. The summed E-state index contributed by atoms with van der Waals surface area (Å²) in [6.07, 6.45) is 6.60. The van der Waals surface area contributed by atoms with E-state index < -0.39 is 12.1 Å². The van der Waals surface area contributed by atoms with Gasteiger partial charge in [0.1, 0.15) is 30.0 Å². The molecular weight excluding hydrogens is 479 g/mol. The van der Waals surface area contributed by atoms with E-state index in [0.29, 0.717) is 43.0 Å². The van der Waals surface area contributed by atoms with E-state index in [1.54, 1.807) is 23.2 Å². The van der Waals surface area contributed by atoms with Gasteiger partial charge in [-0.15, -0.1) is 0 Å². The standard InChI is InChI=1S/C28H27FN2O6/c1-34-27(32)10-5-20-16-26(18-30-17-20)37-28(33)31-13-11-25(12-14-31)36-24-8-6-23(7-9-24)35-19-21-3-2-4-22(29)15-21/h2-10,15-18,25H,11-14,19H2,1H3. The van der Waals surface area contributed by atoms with E-state index in [9.17, 15) is 14.0 Å². The van der Waals surface area contributed by atoms with Crippen LogP contribution in [0.15, 0.2) is 73.1 Å². The van der Waals surface area contributed by atoms with Gasteiger partial charge in [0.15, 0.2) is 5.75 Å². The number of amides is 1. The lowest BCUT2D eigenvalue weighted by Crippen LogP contribution is -2.43. The van der Waals surface area contributed by atoms with E-state index >= 15 is 0 Å². The maximum atomic E-state index is 13.3. The molecule has 0 spiro atoms. The molecule has 2 heterocycles. The van der Waals surface area contributed by atoms with Gasteiger partial charge in [0.05, 0.1) is 13.3 Å². The first-order valence-corrected chi connectivity index (χ1v) is 11.8. The Kier molecular flexibility index (Phi) is 8.70. The molecular formula is C28H27FN2O6. The smallest absolute Gasteiger partial charge is 0.415 e. The fraction of sp³-hybridized carbons (Fsp3) is 0.250. The van der Waals surface area contributed by atoms with Crippen LogP contribution >= 0.6 is 0 Å². The van der Waals surface area contributed by atoms with Crippen molar-refractivity contribution < 1.29 is 32.9 Å². The number of hydrogen-bond acceptors (Lipinski definition) is 7. The molecule has 0 aliphatic carbocycles. The number of aromatic nitrogens is 1. The van der Waals surface area contributed by atoms with Crippen molar-refractivity contribution in [2.75, 3.05) is 20.2 Å². The number of nitrogens with zero attached hydrogens (tertiary/aromatic N) is 2. The summed E-state index contributed by atoms with van der Waals surface area (Å²) >= 11 is 0. The lowest BCUT2D eigenvalue weighted by Gasteiger charge is -2.31. The van der Waals surface area contributed by atoms with Gasteiger partial charge in [-0.05, 0) is 59.7 Å². The van der Waals surface area contributed by atoms with Crippen molar-refractivity contribution in [3.8, 4) is 17.2 Å². The summed E-state index contributed by atoms with van der Waals surface area (Å²) < 4.78 is 35.1. The molecule has 0 atom stereocenters. The van der Waals surface area contributed by atoms with Crippen LogP contribution in [0.2, 0.25) is 0 Å². The highest BCUT2D eigenvalue weighted by Gasteiger charge is 2.25. The van der Waals surface area contributed by atoms with Crippen molar-refractivity contribution >= 4 is 18.1 Å². The topological polar surface area (TPSA) is 87.2 Å². The zero-order valence-electron chi connectivity index (χ0n) is 20.3. The number of piperidine rings is 1. The van der Waals surface area contributed by atoms with Crippen LogP contribution < -0.4 is 14.2 Å². The Labute approximate surface area is 214 Å². The van der Waals surface area contributed by atoms with Crippen molar-refractivity contribution in [1.82, 2.24) is 9.88 Å². The van der Waals surface area contributed by atoms with Gasteiger partial charge >= 0.3 is 12.1 Å². The Balaban J connectivity index is 1.21. The minimum atomic E-state index is -0.488. The summed E-state index contributed by atoms with van der Waals surface area (Å²) in [6.45, 7) is 1.26. The highest BCUT2D eigenvalue weighted by molar-refractivity contribution is 5.86. The molecule has 37 heavy (non-hydrogen) atoms. The van der Waals surface area contributed by atoms with E-state index in [2.05, 4.69) is 9.72 Å². The second kappa shape index (κ2) is 12.5. The number of carbonyl (C=O) groups excluding carboxylic acids is 2. The molecule has 0 radical (unpaired) electrons. The Bertz CT molecular complexity index is 1240. The Morgan fingerprint density at radius 1 is 1.03 bits per heavy atom. The number of carbonyl (C=O) groups is 2. The number of hydrogen-bond donors (Lipinski definition) is 0. The number of likely N-dealkylation sites (tertiary alicyclic amines) is 1. The van der Waals surface area contributed by atoms with Gasteiger partial charge in [-0.1, -0.05) is 12.1 Å². The van der Waals surface area contributed by atoms with E-state index in [0.717, 1.165) is 5.56 Å². The quantitative estimate of drug-likeness (QED) is 0.313. The molecule has 0 N–H and O–H groups in total. The number of ether oxygens (including phenoxy) is 4. The fourth-order valence-electron chi connectivity index (χ4n) is 3.74. The third-order valence-electron chi connectivity index (χ3n) is 5.67. The number of rotatable bonds is 8. The molecule has 1 aliphatic heterocycles. The molecule has 8 nitrogen and oxygen atoms in total. The molecule has 1 fully saturated rings. The van der Waals surface area contributed by atoms with Crippen LogP contribution in [0, 0.1) is 5.82 Å². The van der Waals surface area contributed by atoms with Crippen LogP contribution in [0.25, 0.3) is 6.08 Å². The molecule has 0 unspecified atom stereocenters. The summed E-state index contributed by atoms with van der Waals surface area (Å²) in [5, 5.41) is 0. The van der Waals surface area contributed by atoms with Crippen molar-refractivity contribution in [2.24, 2.45) is 0 Å². The first-order chi connectivity index (χ1) is 18.0. The maximum absolute atomic E-state index is 13.3. The summed E-state index contributed by atoms with van der Waals surface area (Å²) in [5.74, 6) is 0.878. The van der Waals surface area contributed by atoms with Crippen LogP contribution in [0.3, 0.4) is 0 Å². The molecule has 2 aromatic carbocycles. The van der Waals surface area contributed by atoms with Crippen LogP contribution in [-0.4, -0.2) is 48.2 Å². The maximum Gasteiger partial charge on any atom is 0.415 e. The van der Waals surface area contributed by atoms with Gasteiger partial charge in [-0.25, -0.2) is 14.0 Å². The molecule has 9 heteroatoms. The van der Waals surface area contributed by atoms with Gasteiger partial charge in [0.25, 0.3) is 0 Å². The Morgan fingerprint density at radius 3 is 2.51 bits per heavy atom. The molecule has 1 aromatic heterocycles. The summed E-state index contributed by atoms with van der Waals surface area (Å²) in [4.78, 5) is 29.5. The molecule has 0 saturated carbocycles. The van der Waals surface area contributed by atoms with E-state index in [1.807, 2.05) is 30.3 Å². The van der Waals surface area contributed by atoms with Crippen molar-refractivity contribution in [3.05, 3.63) is 90.0 Å². The molecule has 1 saturated heterocycles. The fourth-order valence-corrected chi connectivity index (χ4v) is 3.74.